The third-order valence-electron chi connectivity index (χ3n) is 3.69. The van der Waals surface area contributed by atoms with E-state index in [0.717, 1.165) is 18.8 Å². The lowest BCUT2D eigenvalue weighted by Gasteiger charge is -2.20. The fourth-order valence-corrected chi connectivity index (χ4v) is 2.75. The molecule has 104 valence electrons. The van der Waals surface area contributed by atoms with Crippen LogP contribution in [0.2, 0.25) is 5.02 Å². The van der Waals surface area contributed by atoms with Gasteiger partial charge >= 0.3 is 6.03 Å². The van der Waals surface area contributed by atoms with Crippen molar-refractivity contribution in [2.45, 2.75) is 25.8 Å². The third-order valence-corrected chi connectivity index (χ3v) is 3.95. The molecule has 1 aromatic carbocycles. The van der Waals surface area contributed by atoms with Crippen molar-refractivity contribution in [1.82, 2.24) is 5.32 Å². The molecule has 1 aromatic rings. The number of carbonyl (C=O) groups excluding carboxylic acids is 1. The number of quaternary nitrogens is 1. The van der Waals surface area contributed by atoms with E-state index < -0.39 is 0 Å². The Kier molecular flexibility index (Phi) is 5.05. The molecule has 1 aliphatic heterocycles. The van der Waals surface area contributed by atoms with Gasteiger partial charge in [0.1, 0.15) is 6.04 Å². The Morgan fingerprint density at radius 1 is 1.42 bits per heavy atom. The van der Waals surface area contributed by atoms with Crippen LogP contribution >= 0.6 is 11.6 Å². The molecule has 0 radical (unpaired) electrons. The first-order valence-electron chi connectivity index (χ1n) is 6.84. The molecule has 1 unspecified atom stereocenters. The molecule has 5 heteroatoms. The maximum atomic E-state index is 11.8. The predicted molar refractivity (Wildman–Crippen MR) is 77.9 cm³/mol. The van der Waals surface area contributed by atoms with E-state index in [9.17, 15) is 4.79 Å². The number of hydrogen-bond donors (Lipinski definition) is 3. The number of carbonyl (C=O) groups is 1. The summed E-state index contributed by atoms with van der Waals surface area (Å²) in [6.07, 6.45) is 2.46. The van der Waals surface area contributed by atoms with Gasteiger partial charge in [0.15, 0.2) is 0 Å². The molecule has 0 saturated carbocycles. The summed E-state index contributed by atoms with van der Waals surface area (Å²) in [5, 5.41) is 6.42. The zero-order chi connectivity index (χ0) is 13.7. The normalized spacial score (nSPS) is 22.2. The molecule has 0 aliphatic carbocycles. The Morgan fingerprint density at radius 2 is 2.16 bits per heavy atom. The number of likely N-dealkylation sites (tertiary alicyclic amines) is 1. The lowest BCUT2D eigenvalue weighted by Crippen LogP contribution is -3.14. The molecular weight excluding hydrogens is 262 g/mol. The van der Waals surface area contributed by atoms with Crippen molar-refractivity contribution in [3.05, 3.63) is 29.3 Å². The van der Waals surface area contributed by atoms with Gasteiger partial charge in [0.2, 0.25) is 0 Å². The number of urea groups is 1. The van der Waals surface area contributed by atoms with Crippen molar-refractivity contribution in [3.63, 3.8) is 0 Å². The quantitative estimate of drug-likeness (QED) is 0.771. The highest BCUT2D eigenvalue weighted by Gasteiger charge is 2.26. The topological polar surface area (TPSA) is 45.6 Å². The van der Waals surface area contributed by atoms with E-state index in [1.165, 1.54) is 19.4 Å². The number of benzene rings is 1. The van der Waals surface area contributed by atoms with Gasteiger partial charge in [0.25, 0.3) is 0 Å². The first-order chi connectivity index (χ1) is 9.19. The second-order valence-electron chi connectivity index (χ2n) is 4.94. The van der Waals surface area contributed by atoms with Crippen molar-refractivity contribution in [1.29, 1.82) is 0 Å². The minimum absolute atomic E-state index is 0.148. The van der Waals surface area contributed by atoms with Crippen molar-refractivity contribution < 1.29 is 9.69 Å². The summed E-state index contributed by atoms with van der Waals surface area (Å²) in [5.41, 5.74) is 0.757. The van der Waals surface area contributed by atoms with E-state index >= 15 is 0 Å². The van der Waals surface area contributed by atoms with Crippen molar-refractivity contribution in [2.24, 2.45) is 0 Å². The van der Waals surface area contributed by atoms with Gasteiger partial charge in [-0.05, 0) is 31.2 Å². The van der Waals surface area contributed by atoms with Gasteiger partial charge in [-0.1, -0.05) is 11.6 Å². The fourth-order valence-electron chi connectivity index (χ4n) is 2.62. The molecule has 4 nitrogen and oxygen atoms in total. The van der Waals surface area contributed by atoms with Crippen LogP contribution in [0.5, 0.6) is 0 Å². The minimum Gasteiger partial charge on any atom is -0.332 e. The molecule has 1 aliphatic rings. The summed E-state index contributed by atoms with van der Waals surface area (Å²) >= 11 is 5.80. The largest absolute Gasteiger partial charge is 0.332 e. The number of likely N-dealkylation sites (N-methyl/N-ethyl adjacent to an activating group) is 1. The summed E-state index contributed by atoms with van der Waals surface area (Å²) in [4.78, 5) is 13.4. The number of rotatable bonds is 4. The van der Waals surface area contributed by atoms with E-state index in [0.29, 0.717) is 11.1 Å². The Labute approximate surface area is 119 Å². The predicted octanol–water partition coefficient (Wildman–Crippen LogP) is 1.53. The molecule has 19 heavy (non-hydrogen) atoms. The summed E-state index contributed by atoms with van der Waals surface area (Å²) in [6, 6.07) is 7.52. The molecule has 1 fully saturated rings. The Bertz CT molecular complexity index is 421. The highest BCUT2D eigenvalue weighted by atomic mass is 35.5. The monoisotopic (exact) mass is 282 g/mol. The van der Waals surface area contributed by atoms with E-state index in [1.807, 2.05) is 0 Å². The van der Waals surface area contributed by atoms with Crippen molar-refractivity contribution in [3.8, 4) is 0 Å². The van der Waals surface area contributed by atoms with Gasteiger partial charge in [-0.3, -0.25) is 0 Å². The highest BCUT2D eigenvalue weighted by Crippen LogP contribution is 2.13. The SMILES string of the molecule is CC[NH+]1CCC[C@@H]1CNC(=O)Nc1ccc(Cl)cc1. The molecular formula is C14H21ClN3O+. The zero-order valence-corrected chi connectivity index (χ0v) is 12.0. The minimum atomic E-state index is -0.148. The van der Waals surface area contributed by atoms with Crippen LogP contribution in [0.25, 0.3) is 0 Å². The molecule has 2 amide bonds. The van der Waals surface area contributed by atoms with Gasteiger partial charge in [-0.25, -0.2) is 4.79 Å². The molecule has 2 rings (SSSR count). The summed E-state index contributed by atoms with van der Waals surface area (Å²) in [6.45, 7) is 5.29. The molecule has 0 aromatic heterocycles. The number of nitrogens with one attached hydrogen (secondary N) is 3. The summed E-state index contributed by atoms with van der Waals surface area (Å²) in [7, 11) is 0. The fraction of sp³-hybridized carbons (Fsp3) is 0.500. The highest BCUT2D eigenvalue weighted by molar-refractivity contribution is 6.30. The Morgan fingerprint density at radius 3 is 2.84 bits per heavy atom. The zero-order valence-electron chi connectivity index (χ0n) is 11.2. The van der Waals surface area contributed by atoms with Crippen LogP contribution in [0, 0.1) is 0 Å². The molecule has 3 N–H and O–H groups in total. The third kappa shape index (κ3) is 4.11. The van der Waals surface area contributed by atoms with Gasteiger partial charge in [0, 0.05) is 23.6 Å². The van der Waals surface area contributed by atoms with Crippen LogP contribution in [0.1, 0.15) is 19.8 Å². The molecule has 2 atom stereocenters. The number of amides is 2. The van der Waals surface area contributed by atoms with Crippen molar-refractivity contribution >= 4 is 23.3 Å². The second kappa shape index (κ2) is 6.78. The number of anilines is 1. The molecule has 1 heterocycles. The number of hydrogen-bond acceptors (Lipinski definition) is 1. The van der Waals surface area contributed by atoms with Crippen molar-refractivity contribution in [2.75, 3.05) is 25.0 Å². The molecule has 1 saturated heterocycles. The van der Waals surface area contributed by atoms with Crippen LogP contribution in [0.15, 0.2) is 24.3 Å². The Hall–Kier alpha value is -1.26. The van der Waals surface area contributed by atoms with Crippen LogP contribution in [0.4, 0.5) is 10.5 Å². The van der Waals surface area contributed by atoms with Crippen LogP contribution in [0.3, 0.4) is 0 Å². The molecule has 0 bridgehead atoms. The van der Waals surface area contributed by atoms with E-state index in [4.69, 9.17) is 11.6 Å². The van der Waals surface area contributed by atoms with Crippen LogP contribution in [-0.4, -0.2) is 31.7 Å². The van der Waals surface area contributed by atoms with E-state index in [-0.39, 0.29) is 6.03 Å². The van der Waals surface area contributed by atoms with E-state index in [1.54, 1.807) is 29.2 Å². The smallest absolute Gasteiger partial charge is 0.319 e. The first-order valence-corrected chi connectivity index (χ1v) is 7.22. The van der Waals surface area contributed by atoms with Crippen LogP contribution in [-0.2, 0) is 0 Å². The van der Waals surface area contributed by atoms with Gasteiger partial charge in [-0.15, -0.1) is 0 Å². The lowest BCUT2D eigenvalue weighted by molar-refractivity contribution is -0.909. The first kappa shape index (κ1) is 14.2. The van der Waals surface area contributed by atoms with Crippen LogP contribution < -0.4 is 15.5 Å². The van der Waals surface area contributed by atoms with E-state index in [2.05, 4.69) is 17.6 Å². The standard InChI is InChI=1S/C14H20ClN3O/c1-2-18-9-3-4-13(18)10-16-14(19)17-12-7-5-11(15)6-8-12/h5-8,13H,2-4,9-10H2,1H3,(H2,16,17,19)/p+1/t13-/m1/s1. The maximum absolute atomic E-state index is 11.8. The average molecular weight is 283 g/mol. The van der Waals surface area contributed by atoms with Gasteiger partial charge in [-0.2, -0.15) is 0 Å². The van der Waals surface area contributed by atoms with Gasteiger partial charge < -0.3 is 15.5 Å². The van der Waals surface area contributed by atoms with Gasteiger partial charge in [0.05, 0.1) is 19.6 Å². The lowest BCUT2D eigenvalue weighted by atomic mass is 10.2. The summed E-state index contributed by atoms with van der Waals surface area (Å²) in [5.74, 6) is 0. The number of halogens is 1. The molecule has 0 spiro atoms. The average Bonchev–Trinajstić information content (AvgIpc) is 2.86. The Balaban J connectivity index is 1.77. The second-order valence-corrected chi connectivity index (χ2v) is 5.38. The summed E-state index contributed by atoms with van der Waals surface area (Å²) < 4.78 is 0. The maximum Gasteiger partial charge on any atom is 0.319 e.